The van der Waals surface area contributed by atoms with E-state index in [-0.39, 0.29) is 0 Å². The van der Waals surface area contributed by atoms with Gasteiger partial charge in [0.2, 0.25) is 0 Å². The lowest BCUT2D eigenvalue weighted by Crippen LogP contribution is -2.27. The molecule has 0 radical (unpaired) electrons. The first-order valence-corrected chi connectivity index (χ1v) is 8.00. The standard InChI is InChI=1S/C18H22N2O/c1-2-6-18(14(4-1)12-19-15-7-8-15)20(16-9-10-16)13-17-5-3-11-21-17/h1-6,11,15-16,19H,7-10,12-13H2. The largest absolute Gasteiger partial charge is 0.467 e. The maximum absolute atomic E-state index is 5.55. The number of benzene rings is 1. The van der Waals surface area contributed by atoms with Crippen LogP contribution in [-0.4, -0.2) is 12.1 Å². The molecule has 0 amide bonds. The van der Waals surface area contributed by atoms with Crippen LogP contribution in [0.15, 0.2) is 47.1 Å². The van der Waals surface area contributed by atoms with E-state index in [0.717, 1.165) is 24.9 Å². The van der Waals surface area contributed by atoms with Crippen molar-refractivity contribution < 1.29 is 4.42 Å². The summed E-state index contributed by atoms with van der Waals surface area (Å²) in [4.78, 5) is 2.52. The average Bonchev–Trinajstić information content (AvgIpc) is 3.44. The molecule has 1 aromatic carbocycles. The van der Waals surface area contributed by atoms with Crippen LogP contribution >= 0.6 is 0 Å². The predicted octanol–water partition coefficient (Wildman–Crippen LogP) is 3.70. The van der Waals surface area contributed by atoms with Gasteiger partial charge in [0.05, 0.1) is 12.8 Å². The molecule has 0 unspecified atom stereocenters. The zero-order valence-corrected chi connectivity index (χ0v) is 12.3. The summed E-state index contributed by atoms with van der Waals surface area (Å²) in [7, 11) is 0. The van der Waals surface area contributed by atoms with Gasteiger partial charge in [-0.25, -0.2) is 0 Å². The van der Waals surface area contributed by atoms with Crippen molar-refractivity contribution in [3.8, 4) is 0 Å². The minimum absolute atomic E-state index is 0.678. The van der Waals surface area contributed by atoms with Crippen molar-refractivity contribution in [2.75, 3.05) is 4.90 Å². The number of nitrogens with zero attached hydrogens (tertiary/aromatic N) is 1. The van der Waals surface area contributed by atoms with E-state index in [2.05, 4.69) is 40.5 Å². The molecular weight excluding hydrogens is 260 g/mol. The number of anilines is 1. The van der Waals surface area contributed by atoms with Crippen LogP contribution in [0.5, 0.6) is 0 Å². The van der Waals surface area contributed by atoms with E-state index in [1.807, 2.05) is 6.07 Å². The van der Waals surface area contributed by atoms with Crippen LogP contribution in [0.25, 0.3) is 0 Å². The van der Waals surface area contributed by atoms with Crippen LogP contribution < -0.4 is 10.2 Å². The highest BCUT2D eigenvalue weighted by Gasteiger charge is 2.31. The van der Waals surface area contributed by atoms with E-state index in [9.17, 15) is 0 Å². The Morgan fingerprint density at radius 1 is 1.05 bits per heavy atom. The highest BCUT2D eigenvalue weighted by Crippen LogP contribution is 2.35. The SMILES string of the molecule is c1coc(CN(c2ccccc2CNC2CC2)C2CC2)c1. The second kappa shape index (κ2) is 5.57. The highest BCUT2D eigenvalue weighted by atomic mass is 16.3. The van der Waals surface area contributed by atoms with Gasteiger partial charge in [-0.15, -0.1) is 0 Å². The monoisotopic (exact) mass is 282 g/mol. The second-order valence-corrected chi connectivity index (χ2v) is 6.22. The van der Waals surface area contributed by atoms with E-state index in [0.29, 0.717) is 6.04 Å². The molecule has 21 heavy (non-hydrogen) atoms. The quantitative estimate of drug-likeness (QED) is 0.839. The van der Waals surface area contributed by atoms with Gasteiger partial charge in [0, 0.05) is 24.3 Å². The van der Waals surface area contributed by atoms with Gasteiger partial charge < -0.3 is 14.6 Å². The molecule has 4 rings (SSSR count). The molecule has 0 bridgehead atoms. The summed E-state index contributed by atoms with van der Waals surface area (Å²) in [5, 5.41) is 3.64. The lowest BCUT2D eigenvalue weighted by atomic mass is 10.1. The van der Waals surface area contributed by atoms with Crippen molar-refractivity contribution in [1.82, 2.24) is 5.32 Å². The van der Waals surface area contributed by atoms with Crippen molar-refractivity contribution in [2.45, 2.75) is 50.9 Å². The van der Waals surface area contributed by atoms with Gasteiger partial charge in [-0.05, 0) is 49.4 Å². The smallest absolute Gasteiger partial charge is 0.123 e. The third-order valence-corrected chi connectivity index (χ3v) is 4.35. The van der Waals surface area contributed by atoms with E-state index in [1.54, 1.807) is 6.26 Å². The Morgan fingerprint density at radius 3 is 2.62 bits per heavy atom. The van der Waals surface area contributed by atoms with Gasteiger partial charge in [0.15, 0.2) is 0 Å². The Hall–Kier alpha value is -1.74. The average molecular weight is 282 g/mol. The van der Waals surface area contributed by atoms with Crippen molar-refractivity contribution in [1.29, 1.82) is 0 Å². The topological polar surface area (TPSA) is 28.4 Å². The van der Waals surface area contributed by atoms with Crippen molar-refractivity contribution in [2.24, 2.45) is 0 Å². The predicted molar refractivity (Wildman–Crippen MR) is 84.2 cm³/mol. The molecule has 110 valence electrons. The van der Waals surface area contributed by atoms with Crippen LogP contribution in [0.4, 0.5) is 5.69 Å². The molecule has 2 aliphatic carbocycles. The van der Waals surface area contributed by atoms with E-state index < -0.39 is 0 Å². The summed E-state index contributed by atoms with van der Waals surface area (Å²) < 4.78 is 5.55. The lowest BCUT2D eigenvalue weighted by Gasteiger charge is -2.26. The Balaban J connectivity index is 1.56. The van der Waals surface area contributed by atoms with Gasteiger partial charge in [-0.2, -0.15) is 0 Å². The van der Waals surface area contributed by atoms with E-state index >= 15 is 0 Å². The Kier molecular flexibility index (Phi) is 3.44. The molecule has 1 heterocycles. The maximum Gasteiger partial charge on any atom is 0.123 e. The van der Waals surface area contributed by atoms with Gasteiger partial charge >= 0.3 is 0 Å². The molecule has 2 aliphatic rings. The van der Waals surface area contributed by atoms with E-state index in [1.165, 1.54) is 36.9 Å². The lowest BCUT2D eigenvalue weighted by molar-refractivity contribution is 0.500. The summed E-state index contributed by atoms with van der Waals surface area (Å²) >= 11 is 0. The van der Waals surface area contributed by atoms with Crippen LogP contribution in [0.1, 0.15) is 37.0 Å². The Bertz CT molecular complexity index is 585. The second-order valence-electron chi connectivity index (χ2n) is 6.22. The zero-order chi connectivity index (χ0) is 14.1. The van der Waals surface area contributed by atoms with Gasteiger partial charge in [-0.3, -0.25) is 0 Å². The van der Waals surface area contributed by atoms with Crippen LogP contribution in [0, 0.1) is 0 Å². The Morgan fingerprint density at radius 2 is 1.90 bits per heavy atom. The van der Waals surface area contributed by atoms with Gasteiger partial charge in [0.1, 0.15) is 5.76 Å². The van der Waals surface area contributed by atoms with Crippen molar-refractivity contribution in [3.05, 3.63) is 54.0 Å². The zero-order valence-electron chi connectivity index (χ0n) is 12.3. The van der Waals surface area contributed by atoms with Crippen molar-refractivity contribution >= 4 is 5.69 Å². The summed E-state index contributed by atoms with van der Waals surface area (Å²) in [6.45, 7) is 1.85. The molecule has 0 spiro atoms. The fourth-order valence-electron chi connectivity index (χ4n) is 2.85. The first-order chi connectivity index (χ1) is 10.4. The molecule has 1 aromatic heterocycles. The summed E-state index contributed by atoms with van der Waals surface area (Å²) in [6.07, 6.45) is 7.03. The normalized spacial score (nSPS) is 17.9. The Labute approximate surface area is 126 Å². The van der Waals surface area contributed by atoms with Gasteiger partial charge in [-0.1, -0.05) is 18.2 Å². The fourth-order valence-corrected chi connectivity index (χ4v) is 2.85. The van der Waals surface area contributed by atoms with E-state index in [4.69, 9.17) is 4.42 Å². The molecule has 1 N–H and O–H groups in total. The third kappa shape index (κ3) is 3.13. The minimum Gasteiger partial charge on any atom is -0.467 e. The van der Waals surface area contributed by atoms with Crippen molar-refractivity contribution in [3.63, 3.8) is 0 Å². The molecule has 0 aliphatic heterocycles. The first kappa shape index (κ1) is 13.0. The molecule has 2 aromatic rings. The van der Waals surface area contributed by atoms with Crippen LogP contribution in [0.2, 0.25) is 0 Å². The minimum atomic E-state index is 0.678. The van der Waals surface area contributed by atoms with Crippen LogP contribution in [0.3, 0.4) is 0 Å². The fraction of sp³-hybridized carbons (Fsp3) is 0.444. The number of hydrogen-bond donors (Lipinski definition) is 1. The molecule has 2 fully saturated rings. The summed E-state index contributed by atoms with van der Waals surface area (Å²) in [5.74, 6) is 1.05. The maximum atomic E-state index is 5.55. The number of para-hydroxylation sites is 1. The molecule has 2 saturated carbocycles. The first-order valence-electron chi connectivity index (χ1n) is 8.00. The molecular formula is C18H22N2O. The summed E-state index contributed by atoms with van der Waals surface area (Å²) in [6, 6.07) is 14.3. The highest BCUT2D eigenvalue weighted by molar-refractivity contribution is 5.55. The molecule has 0 atom stereocenters. The number of nitrogens with one attached hydrogen (secondary N) is 1. The van der Waals surface area contributed by atoms with Crippen LogP contribution in [-0.2, 0) is 13.1 Å². The molecule has 3 nitrogen and oxygen atoms in total. The number of furan rings is 1. The molecule has 3 heteroatoms. The molecule has 0 saturated heterocycles. The number of hydrogen-bond acceptors (Lipinski definition) is 3. The number of rotatable bonds is 7. The van der Waals surface area contributed by atoms with Gasteiger partial charge in [0.25, 0.3) is 0 Å². The summed E-state index contributed by atoms with van der Waals surface area (Å²) in [5.41, 5.74) is 2.77. The third-order valence-electron chi connectivity index (χ3n) is 4.35.